The summed E-state index contributed by atoms with van der Waals surface area (Å²) >= 11 is 0. The fourth-order valence-electron chi connectivity index (χ4n) is 1.67. The number of rotatable bonds is 5. The summed E-state index contributed by atoms with van der Waals surface area (Å²) in [5.74, 6) is 1.12. The molecule has 0 aliphatic heterocycles. The highest BCUT2D eigenvalue weighted by Crippen LogP contribution is 2.01. The second-order valence-corrected chi connectivity index (χ2v) is 4.02. The minimum atomic E-state index is 0.893. The Labute approximate surface area is 95.1 Å². The zero-order valence-corrected chi connectivity index (χ0v) is 9.72. The summed E-state index contributed by atoms with van der Waals surface area (Å²) in [4.78, 5) is 6.55. The van der Waals surface area contributed by atoms with Crippen LogP contribution in [0.15, 0.2) is 24.7 Å². The normalized spacial score (nSPS) is 11.2. The van der Waals surface area contributed by atoms with E-state index in [0.717, 1.165) is 31.0 Å². The van der Waals surface area contributed by atoms with Crippen LogP contribution in [0.4, 0.5) is 0 Å². The van der Waals surface area contributed by atoms with E-state index >= 15 is 0 Å². The fraction of sp³-hybridized carbons (Fsp3) is 0.455. The standard InChI is InChI=1S/C11H17N5/c1-15(9-10-3-5-13-14-10)7-4-11-12-6-8-16(11)2/h3,5-6,8H,4,7,9H2,1-2H3,(H,13,14). The quantitative estimate of drug-likeness (QED) is 0.810. The number of hydrogen-bond donors (Lipinski definition) is 1. The molecule has 5 nitrogen and oxygen atoms in total. The van der Waals surface area contributed by atoms with Crippen LogP contribution < -0.4 is 0 Å². The van der Waals surface area contributed by atoms with Gasteiger partial charge in [0.2, 0.25) is 0 Å². The van der Waals surface area contributed by atoms with Gasteiger partial charge < -0.3 is 9.47 Å². The third-order valence-corrected chi connectivity index (χ3v) is 2.64. The zero-order chi connectivity index (χ0) is 11.4. The summed E-state index contributed by atoms with van der Waals surface area (Å²) in [7, 11) is 4.13. The van der Waals surface area contributed by atoms with Crippen LogP contribution in [0.3, 0.4) is 0 Å². The molecule has 0 aliphatic carbocycles. The number of nitrogens with zero attached hydrogens (tertiary/aromatic N) is 4. The Bertz CT molecular complexity index is 417. The molecular weight excluding hydrogens is 202 g/mol. The molecule has 1 N–H and O–H groups in total. The molecule has 0 atom stereocenters. The van der Waals surface area contributed by atoms with Crippen LogP contribution in [0.25, 0.3) is 0 Å². The van der Waals surface area contributed by atoms with Gasteiger partial charge in [-0.1, -0.05) is 0 Å². The largest absolute Gasteiger partial charge is 0.338 e. The van der Waals surface area contributed by atoms with Gasteiger partial charge in [-0.3, -0.25) is 5.10 Å². The van der Waals surface area contributed by atoms with E-state index < -0.39 is 0 Å². The van der Waals surface area contributed by atoms with Crippen LogP contribution in [0.5, 0.6) is 0 Å². The number of likely N-dealkylation sites (N-methyl/N-ethyl adjacent to an activating group) is 1. The van der Waals surface area contributed by atoms with Gasteiger partial charge in [-0.2, -0.15) is 5.10 Å². The van der Waals surface area contributed by atoms with E-state index in [1.807, 2.05) is 25.5 Å². The average Bonchev–Trinajstić information content (AvgIpc) is 2.87. The lowest BCUT2D eigenvalue weighted by Gasteiger charge is -2.14. The van der Waals surface area contributed by atoms with Crippen LogP contribution in [0.2, 0.25) is 0 Å². The Morgan fingerprint density at radius 3 is 2.94 bits per heavy atom. The van der Waals surface area contributed by atoms with E-state index in [2.05, 4.69) is 31.7 Å². The van der Waals surface area contributed by atoms with Crippen LogP contribution in [-0.2, 0) is 20.0 Å². The van der Waals surface area contributed by atoms with Gasteiger partial charge >= 0.3 is 0 Å². The maximum Gasteiger partial charge on any atom is 0.109 e. The van der Waals surface area contributed by atoms with Crippen molar-refractivity contribution in [2.24, 2.45) is 7.05 Å². The molecule has 2 rings (SSSR count). The van der Waals surface area contributed by atoms with Gasteiger partial charge in [0.1, 0.15) is 5.82 Å². The van der Waals surface area contributed by atoms with Crippen molar-refractivity contribution in [3.8, 4) is 0 Å². The smallest absolute Gasteiger partial charge is 0.109 e. The van der Waals surface area contributed by atoms with Gasteiger partial charge in [0.05, 0.1) is 0 Å². The molecule has 0 aliphatic rings. The third kappa shape index (κ3) is 2.70. The lowest BCUT2D eigenvalue weighted by atomic mass is 10.3. The molecule has 16 heavy (non-hydrogen) atoms. The van der Waals surface area contributed by atoms with Crippen LogP contribution in [0.1, 0.15) is 11.5 Å². The Balaban J connectivity index is 1.80. The molecule has 0 saturated heterocycles. The summed E-state index contributed by atoms with van der Waals surface area (Å²) in [6, 6.07) is 2.00. The highest BCUT2D eigenvalue weighted by atomic mass is 15.2. The van der Waals surface area contributed by atoms with Gasteiger partial charge in [-0.25, -0.2) is 4.98 Å². The Morgan fingerprint density at radius 2 is 2.31 bits per heavy atom. The molecule has 0 radical (unpaired) electrons. The molecule has 86 valence electrons. The molecule has 2 aromatic rings. The van der Waals surface area contributed by atoms with E-state index in [0.29, 0.717) is 0 Å². The van der Waals surface area contributed by atoms with Crippen molar-refractivity contribution >= 4 is 0 Å². The molecular formula is C11H17N5. The van der Waals surface area contributed by atoms with Gasteiger partial charge in [-0.05, 0) is 13.1 Å². The van der Waals surface area contributed by atoms with Gasteiger partial charge in [0.25, 0.3) is 0 Å². The van der Waals surface area contributed by atoms with Crippen LogP contribution in [0, 0.1) is 0 Å². The lowest BCUT2D eigenvalue weighted by Crippen LogP contribution is -2.22. The van der Waals surface area contributed by atoms with Gasteiger partial charge in [0.15, 0.2) is 0 Å². The van der Waals surface area contributed by atoms with E-state index in [-0.39, 0.29) is 0 Å². The predicted molar refractivity (Wildman–Crippen MR) is 61.8 cm³/mol. The highest BCUT2D eigenvalue weighted by Gasteiger charge is 2.04. The van der Waals surface area contributed by atoms with Crippen LogP contribution in [-0.4, -0.2) is 38.2 Å². The summed E-state index contributed by atoms with van der Waals surface area (Å²) in [5, 5.41) is 6.89. The number of aromatic nitrogens is 4. The summed E-state index contributed by atoms with van der Waals surface area (Å²) in [6.07, 6.45) is 6.56. The monoisotopic (exact) mass is 219 g/mol. The molecule has 5 heteroatoms. The topological polar surface area (TPSA) is 49.7 Å². The molecule has 0 spiro atoms. The van der Waals surface area contributed by atoms with Gasteiger partial charge in [-0.15, -0.1) is 0 Å². The van der Waals surface area contributed by atoms with Crippen LogP contribution >= 0.6 is 0 Å². The third-order valence-electron chi connectivity index (χ3n) is 2.64. The van der Waals surface area contributed by atoms with Crippen molar-refractivity contribution in [3.63, 3.8) is 0 Å². The second kappa shape index (κ2) is 4.94. The molecule has 2 heterocycles. The molecule has 0 amide bonds. The number of aromatic amines is 1. The van der Waals surface area contributed by atoms with E-state index in [1.54, 1.807) is 6.20 Å². The van der Waals surface area contributed by atoms with E-state index in [9.17, 15) is 0 Å². The first-order valence-electron chi connectivity index (χ1n) is 5.38. The van der Waals surface area contributed by atoms with Crippen molar-refractivity contribution in [1.82, 2.24) is 24.6 Å². The fourth-order valence-corrected chi connectivity index (χ4v) is 1.67. The molecule has 0 bridgehead atoms. The van der Waals surface area contributed by atoms with E-state index in [4.69, 9.17) is 0 Å². The molecule has 0 fully saturated rings. The Kier molecular flexibility index (Phi) is 3.36. The maximum absolute atomic E-state index is 4.30. The summed E-state index contributed by atoms with van der Waals surface area (Å²) in [6.45, 7) is 1.88. The lowest BCUT2D eigenvalue weighted by molar-refractivity contribution is 0.323. The first-order valence-corrected chi connectivity index (χ1v) is 5.38. The maximum atomic E-state index is 4.30. The van der Waals surface area contributed by atoms with Crippen molar-refractivity contribution in [1.29, 1.82) is 0 Å². The highest BCUT2D eigenvalue weighted by molar-refractivity contribution is 4.97. The second-order valence-electron chi connectivity index (χ2n) is 4.02. The zero-order valence-electron chi connectivity index (χ0n) is 9.72. The number of H-pyrrole nitrogens is 1. The molecule has 0 saturated carbocycles. The predicted octanol–water partition coefficient (Wildman–Crippen LogP) is 0.818. The van der Waals surface area contributed by atoms with Crippen molar-refractivity contribution < 1.29 is 0 Å². The first kappa shape index (κ1) is 10.9. The number of hydrogen-bond acceptors (Lipinski definition) is 3. The SMILES string of the molecule is CN(CCc1nccn1C)Cc1ccn[nH]1. The number of aryl methyl sites for hydroxylation is 1. The summed E-state index contributed by atoms with van der Waals surface area (Å²) in [5.41, 5.74) is 1.14. The minimum absolute atomic E-state index is 0.893. The number of nitrogens with one attached hydrogen (secondary N) is 1. The molecule has 2 aromatic heterocycles. The average molecular weight is 219 g/mol. The summed E-state index contributed by atoms with van der Waals surface area (Å²) < 4.78 is 2.06. The minimum Gasteiger partial charge on any atom is -0.338 e. The van der Waals surface area contributed by atoms with Crippen molar-refractivity contribution in [2.45, 2.75) is 13.0 Å². The van der Waals surface area contributed by atoms with Crippen molar-refractivity contribution in [3.05, 3.63) is 36.2 Å². The molecule has 0 unspecified atom stereocenters. The Morgan fingerprint density at radius 1 is 1.44 bits per heavy atom. The van der Waals surface area contributed by atoms with Gasteiger partial charge in [0, 0.05) is 50.8 Å². The molecule has 0 aromatic carbocycles. The van der Waals surface area contributed by atoms with E-state index in [1.165, 1.54) is 0 Å². The van der Waals surface area contributed by atoms with Crippen molar-refractivity contribution in [2.75, 3.05) is 13.6 Å². The Hall–Kier alpha value is -1.62. The number of imidazole rings is 1. The first-order chi connectivity index (χ1) is 7.75.